The minimum atomic E-state index is 0.999. The first-order chi connectivity index (χ1) is 29.2. The molecule has 0 amide bonds. The third kappa shape index (κ3) is 5.45. The van der Waals surface area contributed by atoms with Crippen LogP contribution in [0.2, 0.25) is 0 Å². The number of nitrogens with zero attached hydrogens (tertiary/aromatic N) is 2. The summed E-state index contributed by atoms with van der Waals surface area (Å²) < 4.78 is 2.44. The van der Waals surface area contributed by atoms with Gasteiger partial charge in [0.05, 0.1) is 22.2 Å². The highest BCUT2D eigenvalue weighted by atomic mass is 15.0. The van der Waals surface area contributed by atoms with Crippen LogP contribution < -0.4 is 0 Å². The van der Waals surface area contributed by atoms with Gasteiger partial charge in [-0.25, -0.2) is 4.98 Å². The Kier molecular flexibility index (Phi) is 7.57. The van der Waals surface area contributed by atoms with E-state index in [9.17, 15) is 0 Å². The molecule has 2 nitrogen and oxygen atoms in total. The van der Waals surface area contributed by atoms with Gasteiger partial charge >= 0.3 is 0 Å². The summed E-state index contributed by atoms with van der Waals surface area (Å²) in [4.78, 5) is 5.40. The first kappa shape index (κ1) is 33.3. The van der Waals surface area contributed by atoms with E-state index in [1.54, 1.807) is 0 Å². The zero-order chi connectivity index (χ0) is 38.9. The molecular formula is C57H36N2. The highest BCUT2D eigenvalue weighted by molar-refractivity contribution is 6.25. The largest absolute Gasteiger partial charge is 0.309 e. The minimum absolute atomic E-state index is 0.999. The zero-order valence-corrected chi connectivity index (χ0v) is 32.2. The van der Waals surface area contributed by atoms with Crippen LogP contribution in [0.5, 0.6) is 0 Å². The standard InChI is InChI=1S/C57H36N2/c1-3-14-37(15-4-1)41-28-30-54-50(34-41)51-35-42(38-16-5-2-6-17-38)29-31-55(51)59(54)45-21-13-20-43(33-45)49-36-52-56(47-23-10-9-22-46(47)49)48-24-11-12-25-53(48)58-57(52)44-27-26-39-18-7-8-19-40(39)32-44/h1-36H. The lowest BCUT2D eigenvalue weighted by atomic mass is 9.89. The molecule has 0 atom stereocenters. The Morgan fingerprint density at radius 1 is 0.305 bits per heavy atom. The van der Waals surface area contributed by atoms with Crippen LogP contribution in [0.1, 0.15) is 0 Å². The summed E-state index contributed by atoms with van der Waals surface area (Å²) in [6, 6.07) is 79.5. The molecule has 0 N–H and O–H groups in total. The quantitative estimate of drug-likeness (QED) is 0.160. The predicted octanol–water partition coefficient (Wildman–Crippen LogP) is 15.5. The minimum Gasteiger partial charge on any atom is -0.309 e. The lowest BCUT2D eigenvalue weighted by Crippen LogP contribution is -1.96. The van der Waals surface area contributed by atoms with Gasteiger partial charge in [-0.1, -0.05) is 164 Å². The summed E-state index contributed by atoms with van der Waals surface area (Å²) in [7, 11) is 0. The second kappa shape index (κ2) is 13.4. The van der Waals surface area contributed by atoms with Crippen LogP contribution in [-0.2, 0) is 0 Å². The van der Waals surface area contributed by atoms with Crippen molar-refractivity contribution in [2.45, 2.75) is 0 Å². The highest BCUT2D eigenvalue weighted by Crippen LogP contribution is 2.43. The molecule has 0 unspecified atom stereocenters. The molecule has 0 fully saturated rings. The molecule has 0 aliphatic carbocycles. The number of para-hydroxylation sites is 1. The van der Waals surface area contributed by atoms with E-state index in [2.05, 4.69) is 223 Å². The molecule has 12 aromatic rings. The van der Waals surface area contributed by atoms with Crippen molar-refractivity contribution in [2.75, 3.05) is 0 Å². The van der Waals surface area contributed by atoms with Crippen molar-refractivity contribution in [1.29, 1.82) is 0 Å². The molecule has 0 bridgehead atoms. The number of aromatic nitrogens is 2. The average molecular weight is 749 g/mol. The summed E-state index contributed by atoms with van der Waals surface area (Å²) >= 11 is 0. The van der Waals surface area contributed by atoms with Crippen LogP contribution in [0.4, 0.5) is 0 Å². The summed E-state index contributed by atoms with van der Waals surface area (Å²) in [5, 5.41) is 10.9. The fraction of sp³-hybridized carbons (Fsp3) is 0. The maximum Gasteiger partial charge on any atom is 0.0788 e. The molecule has 12 rings (SSSR count). The maximum absolute atomic E-state index is 5.40. The lowest BCUT2D eigenvalue weighted by Gasteiger charge is -2.17. The molecule has 0 saturated heterocycles. The van der Waals surface area contributed by atoms with Gasteiger partial charge in [0, 0.05) is 38.2 Å². The van der Waals surface area contributed by atoms with Gasteiger partial charge in [0.15, 0.2) is 0 Å². The van der Waals surface area contributed by atoms with Gasteiger partial charge in [-0.2, -0.15) is 0 Å². The Morgan fingerprint density at radius 2 is 0.881 bits per heavy atom. The third-order valence-electron chi connectivity index (χ3n) is 12.1. The monoisotopic (exact) mass is 748 g/mol. The lowest BCUT2D eigenvalue weighted by molar-refractivity contribution is 1.18. The van der Waals surface area contributed by atoms with Gasteiger partial charge < -0.3 is 4.57 Å². The van der Waals surface area contributed by atoms with Crippen molar-refractivity contribution in [1.82, 2.24) is 9.55 Å². The van der Waals surface area contributed by atoms with Crippen LogP contribution in [0.3, 0.4) is 0 Å². The van der Waals surface area contributed by atoms with Gasteiger partial charge in [-0.3, -0.25) is 0 Å². The topological polar surface area (TPSA) is 17.8 Å². The Morgan fingerprint density at radius 3 is 1.59 bits per heavy atom. The number of pyridine rings is 1. The summed E-state index contributed by atoms with van der Waals surface area (Å²) in [5.41, 5.74) is 13.8. The van der Waals surface area contributed by atoms with Crippen LogP contribution in [0, 0.1) is 0 Å². The number of rotatable bonds is 5. The van der Waals surface area contributed by atoms with E-state index in [4.69, 9.17) is 4.98 Å². The number of hydrogen-bond donors (Lipinski definition) is 0. The molecular weight excluding hydrogens is 713 g/mol. The fourth-order valence-electron chi connectivity index (χ4n) is 9.35. The van der Waals surface area contributed by atoms with Crippen molar-refractivity contribution in [2.24, 2.45) is 0 Å². The molecule has 2 heteroatoms. The van der Waals surface area contributed by atoms with Gasteiger partial charge in [-0.15, -0.1) is 0 Å². The first-order valence-corrected chi connectivity index (χ1v) is 20.3. The summed E-state index contributed by atoms with van der Waals surface area (Å²) in [6.45, 7) is 0. The van der Waals surface area contributed by atoms with Crippen LogP contribution in [0.25, 0.3) is 115 Å². The van der Waals surface area contributed by atoms with Crippen molar-refractivity contribution in [3.63, 3.8) is 0 Å². The molecule has 274 valence electrons. The summed E-state index contributed by atoms with van der Waals surface area (Å²) in [5.74, 6) is 0. The zero-order valence-electron chi connectivity index (χ0n) is 32.2. The maximum atomic E-state index is 5.40. The van der Waals surface area contributed by atoms with E-state index in [0.29, 0.717) is 0 Å². The van der Waals surface area contributed by atoms with Crippen molar-refractivity contribution >= 4 is 65.0 Å². The molecule has 0 radical (unpaired) electrons. The third-order valence-corrected chi connectivity index (χ3v) is 12.1. The van der Waals surface area contributed by atoms with E-state index in [0.717, 1.165) is 33.4 Å². The number of hydrogen-bond acceptors (Lipinski definition) is 1. The van der Waals surface area contributed by atoms with Crippen molar-refractivity contribution in [3.05, 3.63) is 218 Å². The molecule has 0 saturated carbocycles. The normalized spacial score (nSPS) is 11.7. The molecule has 0 spiro atoms. The van der Waals surface area contributed by atoms with Crippen LogP contribution in [0.15, 0.2) is 218 Å². The second-order valence-electron chi connectivity index (χ2n) is 15.5. The molecule has 10 aromatic carbocycles. The molecule has 59 heavy (non-hydrogen) atoms. The van der Waals surface area contributed by atoms with E-state index in [-0.39, 0.29) is 0 Å². The van der Waals surface area contributed by atoms with Gasteiger partial charge in [0.2, 0.25) is 0 Å². The summed E-state index contributed by atoms with van der Waals surface area (Å²) in [6.07, 6.45) is 0. The van der Waals surface area contributed by atoms with E-state index >= 15 is 0 Å². The van der Waals surface area contributed by atoms with E-state index in [1.165, 1.54) is 81.9 Å². The smallest absolute Gasteiger partial charge is 0.0788 e. The Hall–Kier alpha value is -7.81. The SMILES string of the molecule is c1ccc(-c2ccc3c(c2)c2cc(-c4ccccc4)ccc2n3-c2cccc(-c3cc4c(-c5ccc6ccccc6c5)nc5ccccc5c4c4ccccc34)c2)cc1. The van der Waals surface area contributed by atoms with E-state index in [1.807, 2.05) is 0 Å². The van der Waals surface area contributed by atoms with Gasteiger partial charge in [-0.05, 0) is 110 Å². The van der Waals surface area contributed by atoms with Gasteiger partial charge in [0.25, 0.3) is 0 Å². The molecule has 0 aliphatic heterocycles. The van der Waals surface area contributed by atoms with Gasteiger partial charge in [0.1, 0.15) is 0 Å². The molecule has 2 heterocycles. The number of benzene rings is 10. The number of fused-ring (bicyclic) bond motifs is 9. The Labute approximate surface area is 341 Å². The van der Waals surface area contributed by atoms with Crippen molar-refractivity contribution in [3.8, 4) is 50.3 Å². The predicted molar refractivity (Wildman–Crippen MR) is 250 cm³/mol. The fourth-order valence-corrected chi connectivity index (χ4v) is 9.35. The first-order valence-electron chi connectivity index (χ1n) is 20.3. The second-order valence-corrected chi connectivity index (χ2v) is 15.5. The molecule has 2 aromatic heterocycles. The Bertz CT molecular complexity index is 3500. The Balaban J connectivity index is 1.11. The molecule has 0 aliphatic rings. The van der Waals surface area contributed by atoms with Crippen LogP contribution in [-0.4, -0.2) is 9.55 Å². The van der Waals surface area contributed by atoms with Crippen LogP contribution >= 0.6 is 0 Å². The average Bonchev–Trinajstić information content (AvgIpc) is 3.64. The highest BCUT2D eigenvalue weighted by Gasteiger charge is 2.19. The van der Waals surface area contributed by atoms with E-state index < -0.39 is 0 Å². The van der Waals surface area contributed by atoms with Crippen molar-refractivity contribution < 1.29 is 0 Å².